The summed E-state index contributed by atoms with van der Waals surface area (Å²) in [5.74, 6) is -0.751. The number of ether oxygens (including phenoxy) is 1. The first-order chi connectivity index (χ1) is 19.6. The van der Waals surface area contributed by atoms with E-state index >= 15 is 0 Å². The Morgan fingerprint density at radius 3 is 2.61 bits per heavy atom. The maximum atomic E-state index is 12.5. The monoisotopic (exact) mass is 584 g/mol. The largest absolute Gasteiger partial charge is 0.398 e. The van der Waals surface area contributed by atoms with Crippen molar-refractivity contribution >= 4 is 50.4 Å². The van der Waals surface area contributed by atoms with Crippen molar-refractivity contribution < 1.29 is 28.2 Å². The number of nitrogens with two attached hydrogens (primary N) is 3. The Kier molecular flexibility index (Phi) is 7.72. The van der Waals surface area contributed by atoms with Crippen molar-refractivity contribution in [2.75, 3.05) is 23.3 Å². The molecular formula is C24H28N10O6S. The lowest BCUT2D eigenvalue weighted by Crippen LogP contribution is -2.45. The molecule has 0 saturated carbocycles. The fourth-order valence-electron chi connectivity index (χ4n) is 4.32. The SMILES string of the molecule is NCc1cccc(Nc2nc(N)c3ncn(C4OC(CNS(=O)(=O)NC(=O)c5ccccc5N)C(O)C4O)c3n2)c1. The predicted octanol–water partition coefficient (Wildman–Crippen LogP) is -0.923. The minimum atomic E-state index is -4.38. The molecule has 41 heavy (non-hydrogen) atoms. The van der Waals surface area contributed by atoms with E-state index < -0.39 is 47.2 Å². The lowest BCUT2D eigenvalue weighted by atomic mass is 10.1. The first-order valence-corrected chi connectivity index (χ1v) is 13.8. The van der Waals surface area contributed by atoms with Crippen LogP contribution in [-0.4, -0.2) is 68.9 Å². The van der Waals surface area contributed by atoms with E-state index in [1.165, 1.54) is 29.1 Å². The number of nitrogens with zero attached hydrogens (tertiary/aromatic N) is 4. The van der Waals surface area contributed by atoms with Gasteiger partial charge in [-0.15, -0.1) is 0 Å². The van der Waals surface area contributed by atoms with Gasteiger partial charge in [0.05, 0.1) is 11.9 Å². The summed E-state index contributed by atoms with van der Waals surface area (Å²) in [5.41, 5.74) is 19.6. The van der Waals surface area contributed by atoms with E-state index in [2.05, 4.69) is 25.0 Å². The maximum absolute atomic E-state index is 12.5. The molecule has 0 spiro atoms. The van der Waals surface area contributed by atoms with Gasteiger partial charge in [0.25, 0.3) is 5.91 Å². The average Bonchev–Trinajstić information content (AvgIpc) is 3.48. The summed E-state index contributed by atoms with van der Waals surface area (Å²) in [7, 11) is -4.38. The fourth-order valence-corrected chi connectivity index (χ4v) is 5.13. The summed E-state index contributed by atoms with van der Waals surface area (Å²) in [5, 5.41) is 24.4. The summed E-state index contributed by atoms with van der Waals surface area (Å²) in [4.78, 5) is 25.2. The van der Waals surface area contributed by atoms with E-state index in [9.17, 15) is 23.4 Å². The second kappa shape index (κ2) is 11.2. The predicted molar refractivity (Wildman–Crippen MR) is 149 cm³/mol. The molecule has 0 bridgehead atoms. The number of imidazole rings is 1. The standard InChI is InChI=1S/C24H28N10O6S/c25-9-12-4-3-5-13(8-12)30-24-31-20(27)17-21(32-24)34(11-28-17)23-19(36)18(35)16(40-23)10-29-41(38,39)33-22(37)14-6-1-2-7-15(14)26/h1-8,11,16,18-19,23,29,35-36H,9-10,25-26H2,(H,33,37)(H3,27,30,31,32). The first-order valence-electron chi connectivity index (χ1n) is 12.3. The molecule has 1 aliphatic heterocycles. The first kappa shape index (κ1) is 28.1. The summed E-state index contributed by atoms with van der Waals surface area (Å²) < 4.78 is 36.1. The number of anilines is 4. The highest BCUT2D eigenvalue weighted by atomic mass is 32.2. The van der Waals surface area contributed by atoms with Gasteiger partial charge in [0, 0.05) is 24.5 Å². The molecule has 1 fully saturated rings. The Morgan fingerprint density at radius 2 is 1.85 bits per heavy atom. The third-order valence-corrected chi connectivity index (χ3v) is 7.39. The number of carbonyl (C=O) groups is 1. The molecule has 17 heteroatoms. The summed E-state index contributed by atoms with van der Waals surface area (Å²) >= 11 is 0. The molecule has 3 heterocycles. The van der Waals surface area contributed by atoms with Crippen LogP contribution in [0.2, 0.25) is 0 Å². The van der Waals surface area contributed by atoms with Crippen molar-refractivity contribution in [1.29, 1.82) is 0 Å². The lowest BCUT2D eigenvalue weighted by molar-refractivity contribution is -0.0330. The van der Waals surface area contributed by atoms with E-state index in [0.29, 0.717) is 12.2 Å². The van der Waals surface area contributed by atoms with Crippen LogP contribution in [0.5, 0.6) is 0 Å². The number of hydrogen-bond acceptors (Lipinski definition) is 13. The van der Waals surface area contributed by atoms with Crippen molar-refractivity contribution in [3.05, 3.63) is 66.0 Å². The quantitative estimate of drug-likeness (QED) is 0.111. The number of rotatable bonds is 9. The molecule has 1 amide bonds. The van der Waals surface area contributed by atoms with Gasteiger partial charge in [-0.25, -0.2) is 9.71 Å². The Morgan fingerprint density at radius 1 is 1.07 bits per heavy atom. The molecule has 11 N–H and O–H groups in total. The lowest BCUT2D eigenvalue weighted by Gasteiger charge is -2.17. The highest BCUT2D eigenvalue weighted by Gasteiger charge is 2.44. The number of nitrogen functional groups attached to an aromatic ring is 2. The minimum absolute atomic E-state index is 0.0281. The van der Waals surface area contributed by atoms with E-state index in [1.807, 2.05) is 22.9 Å². The Labute approximate surface area is 233 Å². The average molecular weight is 585 g/mol. The van der Waals surface area contributed by atoms with Gasteiger partial charge in [0.15, 0.2) is 17.7 Å². The molecule has 5 rings (SSSR count). The Hall–Kier alpha value is -4.39. The molecule has 0 radical (unpaired) electrons. The molecule has 216 valence electrons. The summed E-state index contributed by atoms with van der Waals surface area (Å²) in [6, 6.07) is 13.3. The van der Waals surface area contributed by atoms with Gasteiger partial charge < -0.3 is 37.5 Å². The third kappa shape index (κ3) is 5.89. The molecule has 4 unspecified atom stereocenters. The number of hydrogen-bond donors (Lipinski definition) is 8. The topological polar surface area (TPSA) is 259 Å². The van der Waals surface area contributed by atoms with Crippen molar-refractivity contribution in [2.45, 2.75) is 31.1 Å². The number of aromatic nitrogens is 4. The zero-order chi connectivity index (χ0) is 29.3. The molecular weight excluding hydrogens is 556 g/mol. The molecule has 4 aromatic rings. The van der Waals surface area contributed by atoms with E-state index in [1.54, 1.807) is 12.1 Å². The van der Waals surface area contributed by atoms with E-state index in [0.717, 1.165) is 5.56 Å². The zero-order valence-electron chi connectivity index (χ0n) is 21.4. The maximum Gasteiger partial charge on any atom is 0.301 e. The fraction of sp³-hybridized carbons (Fsp3) is 0.250. The summed E-state index contributed by atoms with van der Waals surface area (Å²) in [6.45, 7) is -0.134. The van der Waals surface area contributed by atoms with Crippen molar-refractivity contribution in [2.24, 2.45) is 5.73 Å². The van der Waals surface area contributed by atoms with Crippen LogP contribution in [0.4, 0.5) is 23.1 Å². The van der Waals surface area contributed by atoms with Crippen molar-refractivity contribution in [3.63, 3.8) is 0 Å². The van der Waals surface area contributed by atoms with Crippen LogP contribution in [0.25, 0.3) is 11.2 Å². The Bertz CT molecular complexity index is 1700. The van der Waals surface area contributed by atoms with Gasteiger partial charge in [0.1, 0.15) is 23.8 Å². The van der Waals surface area contributed by atoms with Crippen molar-refractivity contribution in [3.8, 4) is 0 Å². The highest BCUT2D eigenvalue weighted by Crippen LogP contribution is 2.32. The number of aliphatic hydroxyl groups is 2. The van der Waals surface area contributed by atoms with E-state index in [-0.39, 0.29) is 34.2 Å². The van der Waals surface area contributed by atoms with Crippen LogP contribution in [0.15, 0.2) is 54.9 Å². The van der Waals surface area contributed by atoms with Crippen molar-refractivity contribution in [1.82, 2.24) is 29.0 Å². The van der Waals surface area contributed by atoms with Gasteiger partial charge in [-0.1, -0.05) is 24.3 Å². The second-order valence-corrected chi connectivity index (χ2v) is 10.7. The van der Waals surface area contributed by atoms with Gasteiger partial charge in [-0.2, -0.15) is 23.1 Å². The molecule has 2 aromatic carbocycles. The van der Waals surface area contributed by atoms with Crippen LogP contribution in [-0.2, 0) is 21.5 Å². The van der Waals surface area contributed by atoms with Crippen LogP contribution in [0.3, 0.4) is 0 Å². The minimum Gasteiger partial charge on any atom is -0.398 e. The smallest absolute Gasteiger partial charge is 0.301 e. The molecule has 16 nitrogen and oxygen atoms in total. The molecule has 4 atom stereocenters. The third-order valence-electron chi connectivity index (χ3n) is 6.39. The van der Waals surface area contributed by atoms with Gasteiger partial charge >= 0.3 is 10.2 Å². The molecule has 1 saturated heterocycles. The number of carbonyl (C=O) groups excluding carboxylic acids is 1. The van der Waals surface area contributed by atoms with Crippen LogP contribution >= 0.6 is 0 Å². The number of benzene rings is 2. The number of amides is 1. The van der Waals surface area contributed by atoms with Crippen LogP contribution < -0.4 is 32.0 Å². The van der Waals surface area contributed by atoms with Gasteiger partial charge in [-0.3, -0.25) is 9.36 Å². The number of nitrogens with one attached hydrogen (secondary N) is 3. The van der Waals surface area contributed by atoms with Gasteiger partial charge in [0.2, 0.25) is 5.95 Å². The highest BCUT2D eigenvalue weighted by molar-refractivity contribution is 7.88. The molecule has 1 aliphatic rings. The van der Waals surface area contributed by atoms with E-state index in [4.69, 9.17) is 21.9 Å². The van der Waals surface area contributed by atoms with Crippen LogP contribution in [0, 0.1) is 0 Å². The molecule has 0 aliphatic carbocycles. The number of fused-ring (bicyclic) bond motifs is 1. The summed E-state index contributed by atoms with van der Waals surface area (Å²) in [6.07, 6.45) is -4.08. The normalized spacial score (nSPS) is 20.8. The second-order valence-electron chi connectivity index (χ2n) is 9.20. The van der Waals surface area contributed by atoms with Gasteiger partial charge in [-0.05, 0) is 29.8 Å². The Balaban J connectivity index is 1.31. The van der Waals surface area contributed by atoms with Crippen LogP contribution in [0.1, 0.15) is 22.1 Å². The molecule has 2 aromatic heterocycles. The number of para-hydroxylation sites is 1. The number of aliphatic hydroxyl groups excluding tert-OH is 2. The zero-order valence-corrected chi connectivity index (χ0v) is 22.2.